The third-order valence-electron chi connectivity index (χ3n) is 3.40. The van der Waals surface area contributed by atoms with E-state index < -0.39 is 0 Å². The van der Waals surface area contributed by atoms with Gasteiger partial charge in [0.1, 0.15) is 4.60 Å². The lowest BCUT2D eigenvalue weighted by Gasteiger charge is -2.34. The minimum absolute atomic E-state index is 0.336. The van der Waals surface area contributed by atoms with Crippen molar-refractivity contribution in [3.05, 3.63) is 50.9 Å². The minimum atomic E-state index is 0.336. The molecule has 1 aliphatic heterocycles. The van der Waals surface area contributed by atoms with Gasteiger partial charge in [0.05, 0.1) is 6.04 Å². The van der Waals surface area contributed by atoms with Crippen molar-refractivity contribution in [2.45, 2.75) is 6.04 Å². The minimum Gasteiger partial charge on any atom is -0.314 e. The van der Waals surface area contributed by atoms with E-state index in [1.54, 1.807) is 0 Å². The highest BCUT2D eigenvalue weighted by atomic mass is 79.9. The molecule has 0 spiro atoms. The fourth-order valence-corrected chi connectivity index (χ4v) is 3.61. The molecule has 2 aromatic rings. The Kier molecular flexibility index (Phi) is 4.28. The molecule has 0 unspecified atom stereocenters. The maximum atomic E-state index is 4.38. The van der Waals surface area contributed by atoms with E-state index in [2.05, 4.69) is 54.7 Å². The number of aromatic nitrogens is 1. The fourth-order valence-electron chi connectivity index (χ4n) is 2.49. The number of nitrogens with one attached hydrogen (secondary N) is 1. The second kappa shape index (κ2) is 6.13. The maximum Gasteiger partial charge on any atom is 0.106 e. The average molecular weight is 338 g/mol. The van der Waals surface area contributed by atoms with Crippen molar-refractivity contribution in [1.82, 2.24) is 15.2 Å². The predicted octanol–water partition coefficient (Wildman–Crippen LogP) is 2.90. The summed E-state index contributed by atoms with van der Waals surface area (Å²) in [6, 6.07) is 8.88. The van der Waals surface area contributed by atoms with E-state index in [-0.39, 0.29) is 0 Å². The molecule has 0 aromatic carbocycles. The number of hydrogen-bond donors (Lipinski definition) is 1. The third kappa shape index (κ3) is 3.05. The molecule has 3 rings (SSSR count). The van der Waals surface area contributed by atoms with Crippen molar-refractivity contribution in [1.29, 1.82) is 0 Å². The van der Waals surface area contributed by atoms with Gasteiger partial charge in [-0.1, -0.05) is 12.1 Å². The van der Waals surface area contributed by atoms with Crippen LogP contribution in [0.3, 0.4) is 0 Å². The monoisotopic (exact) mass is 337 g/mol. The predicted molar refractivity (Wildman–Crippen MR) is 82.5 cm³/mol. The van der Waals surface area contributed by atoms with Gasteiger partial charge in [-0.15, -0.1) is 11.3 Å². The summed E-state index contributed by atoms with van der Waals surface area (Å²) in [5.74, 6) is 0. The molecule has 1 atom stereocenters. The summed E-state index contributed by atoms with van der Waals surface area (Å²) in [6.45, 7) is 4.29. The highest BCUT2D eigenvalue weighted by molar-refractivity contribution is 9.10. The van der Waals surface area contributed by atoms with Gasteiger partial charge in [0.15, 0.2) is 0 Å². The van der Waals surface area contributed by atoms with Crippen LogP contribution in [0.4, 0.5) is 0 Å². The number of nitrogens with zero attached hydrogens (tertiary/aromatic N) is 2. The van der Waals surface area contributed by atoms with Gasteiger partial charge in [0.2, 0.25) is 0 Å². The van der Waals surface area contributed by atoms with E-state index in [0.717, 1.165) is 30.8 Å². The fraction of sp³-hybridized carbons (Fsp3) is 0.357. The van der Waals surface area contributed by atoms with E-state index in [1.165, 1.54) is 10.4 Å². The Morgan fingerprint density at radius 3 is 2.74 bits per heavy atom. The zero-order valence-electron chi connectivity index (χ0n) is 10.6. The quantitative estimate of drug-likeness (QED) is 0.873. The van der Waals surface area contributed by atoms with Crippen LogP contribution in [0.15, 0.2) is 40.4 Å². The van der Waals surface area contributed by atoms with E-state index in [4.69, 9.17) is 0 Å². The van der Waals surface area contributed by atoms with Gasteiger partial charge in [-0.3, -0.25) is 4.90 Å². The van der Waals surface area contributed by atoms with Crippen LogP contribution >= 0.6 is 27.3 Å². The second-order valence-electron chi connectivity index (χ2n) is 4.62. The summed E-state index contributed by atoms with van der Waals surface area (Å²) in [6.07, 6.45) is 1.98. The SMILES string of the molecule is Brc1ccc([C@H](c2cccs2)N2CCNCC2)cn1. The summed E-state index contributed by atoms with van der Waals surface area (Å²) in [7, 11) is 0. The molecule has 3 nitrogen and oxygen atoms in total. The molecule has 0 amide bonds. The van der Waals surface area contributed by atoms with Crippen LogP contribution in [-0.4, -0.2) is 36.1 Å². The largest absolute Gasteiger partial charge is 0.314 e. The van der Waals surface area contributed by atoms with Crippen molar-refractivity contribution >= 4 is 27.3 Å². The van der Waals surface area contributed by atoms with Crippen LogP contribution in [0.5, 0.6) is 0 Å². The van der Waals surface area contributed by atoms with Crippen LogP contribution in [0, 0.1) is 0 Å². The second-order valence-corrected chi connectivity index (χ2v) is 6.41. The number of rotatable bonds is 3. The molecule has 2 aromatic heterocycles. The number of pyridine rings is 1. The third-order valence-corrected chi connectivity index (χ3v) is 4.79. The highest BCUT2D eigenvalue weighted by Crippen LogP contribution is 2.31. The van der Waals surface area contributed by atoms with Crippen LogP contribution in [0.2, 0.25) is 0 Å². The first-order chi connectivity index (χ1) is 9.34. The number of halogens is 1. The van der Waals surface area contributed by atoms with Gasteiger partial charge < -0.3 is 5.32 Å². The lowest BCUT2D eigenvalue weighted by atomic mass is 10.0. The molecule has 1 N–H and O–H groups in total. The molecule has 1 fully saturated rings. The summed E-state index contributed by atoms with van der Waals surface area (Å²) < 4.78 is 0.890. The van der Waals surface area contributed by atoms with Crippen LogP contribution in [-0.2, 0) is 0 Å². The number of thiophene rings is 1. The molecule has 3 heterocycles. The summed E-state index contributed by atoms with van der Waals surface area (Å²) in [5, 5.41) is 5.56. The Balaban J connectivity index is 1.93. The summed E-state index contributed by atoms with van der Waals surface area (Å²) in [5.41, 5.74) is 1.27. The molecule has 0 bridgehead atoms. The lowest BCUT2D eigenvalue weighted by Crippen LogP contribution is -2.45. The van der Waals surface area contributed by atoms with Gasteiger partial charge in [-0.05, 0) is 39.0 Å². The van der Waals surface area contributed by atoms with E-state index in [1.807, 2.05) is 23.6 Å². The van der Waals surface area contributed by atoms with Gasteiger partial charge >= 0.3 is 0 Å². The average Bonchev–Trinajstić information content (AvgIpc) is 2.96. The molecule has 19 heavy (non-hydrogen) atoms. The topological polar surface area (TPSA) is 28.2 Å². The maximum absolute atomic E-state index is 4.38. The molecular weight excluding hydrogens is 322 g/mol. The molecule has 0 saturated carbocycles. The molecular formula is C14H16BrN3S. The van der Waals surface area contributed by atoms with E-state index >= 15 is 0 Å². The van der Waals surface area contributed by atoms with Crippen molar-refractivity contribution in [2.75, 3.05) is 26.2 Å². The first kappa shape index (κ1) is 13.2. The summed E-state index contributed by atoms with van der Waals surface area (Å²) in [4.78, 5) is 8.31. The smallest absolute Gasteiger partial charge is 0.106 e. The van der Waals surface area contributed by atoms with E-state index in [0.29, 0.717) is 6.04 Å². The number of piperazine rings is 1. The first-order valence-electron chi connectivity index (χ1n) is 6.44. The number of hydrogen-bond acceptors (Lipinski definition) is 4. The van der Waals surface area contributed by atoms with Gasteiger partial charge in [-0.2, -0.15) is 0 Å². The highest BCUT2D eigenvalue weighted by Gasteiger charge is 2.24. The summed E-state index contributed by atoms with van der Waals surface area (Å²) >= 11 is 5.23. The van der Waals surface area contributed by atoms with Crippen molar-refractivity contribution in [3.8, 4) is 0 Å². The Morgan fingerprint density at radius 1 is 1.26 bits per heavy atom. The molecule has 0 aliphatic carbocycles. The molecule has 100 valence electrons. The van der Waals surface area contributed by atoms with E-state index in [9.17, 15) is 0 Å². The zero-order chi connectivity index (χ0) is 13.1. The first-order valence-corrected chi connectivity index (χ1v) is 8.11. The molecule has 1 saturated heterocycles. The van der Waals surface area contributed by atoms with Crippen molar-refractivity contribution in [2.24, 2.45) is 0 Å². The molecule has 0 radical (unpaired) electrons. The van der Waals surface area contributed by atoms with Crippen molar-refractivity contribution in [3.63, 3.8) is 0 Å². The van der Waals surface area contributed by atoms with Crippen LogP contribution in [0.1, 0.15) is 16.5 Å². The van der Waals surface area contributed by atoms with Crippen LogP contribution < -0.4 is 5.32 Å². The molecule has 1 aliphatic rings. The van der Waals surface area contributed by atoms with Gasteiger partial charge in [0, 0.05) is 37.3 Å². The lowest BCUT2D eigenvalue weighted by molar-refractivity contribution is 0.200. The standard InChI is InChI=1S/C14H16BrN3S/c15-13-4-3-11(10-17-13)14(12-2-1-9-19-12)18-7-5-16-6-8-18/h1-4,9-10,14,16H,5-8H2/t14-/m1/s1. The van der Waals surface area contributed by atoms with Crippen LogP contribution in [0.25, 0.3) is 0 Å². The molecule has 5 heteroatoms. The Bertz CT molecular complexity index is 506. The van der Waals surface area contributed by atoms with Gasteiger partial charge in [0.25, 0.3) is 0 Å². The van der Waals surface area contributed by atoms with Crippen molar-refractivity contribution < 1.29 is 0 Å². The Morgan fingerprint density at radius 2 is 2.11 bits per heavy atom. The normalized spacial score (nSPS) is 18.4. The Labute approximate surface area is 125 Å². The Hall–Kier alpha value is -0.750. The van der Waals surface area contributed by atoms with Gasteiger partial charge in [-0.25, -0.2) is 4.98 Å². The zero-order valence-corrected chi connectivity index (χ0v) is 13.0.